The number of hydrogen-bond acceptors (Lipinski definition) is 5. The van der Waals surface area contributed by atoms with Crippen LogP contribution in [0.3, 0.4) is 0 Å². The van der Waals surface area contributed by atoms with Crippen molar-refractivity contribution in [3.8, 4) is 0 Å². The highest BCUT2D eigenvalue weighted by molar-refractivity contribution is 7.89. The van der Waals surface area contributed by atoms with Crippen LogP contribution in [0.4, 0.5) is 0 Å². The quantitative estimate of drug-likeness (QED) is 0.651. The van der Waals surface area contributed by atoms with Gasteiger partial charge in [-0.25, -0.2) is 17.9 Å². The first-order valence-corrected chi connectivity index (χ1v) is 9.80. The number of halogens is 1. The lowest BCUT2D eigenvalue weighted by atomic mass is 10.2. The van der Waals surface area contributed by atoms with Crippen molar-refractivity contribution in [3.63, 3.8) is 0 Å². The summed E-state index contributed by atoms with van der Waals surface area (Å²) in [6.07, 6.45) is 1.62. The molecule has 0 radical (unpaired) electrons. The molecule has 1 aromatic rings. The Labute approximate surface area is 153 Å². The molecular formula is C16H23ClN2O5S. The van der Waals surface area contributed by atoms with Crippen molar-refractivity contribution in [1.82, 2.24) is 9.62 Å². The third-order valence-corrected chi connectivity index (χ3v) is 5.29. The van der Waals surface area contributed by atoms with Gasteiger partial charge in [0.25, 0.3) is 5.91 Å². The fraction of sp³-hybridized carbons (Fsp3) is 0.500. The lowest BCUT2D eigenvalue weighted by Gasteiger charge is -2.21. The minimum absolute atomic E-state index is 0.00329. The molecule has 1 amide bonds. The Balaban J connectivity index is 2.85. The van der Waals surface area contributed by atoms with E-state index in [0.29, 0.717) is 13.1 Å². The first-order chi connectivity index (χ1) is 11.8. The Morgan fingerprint density at radius 2 is 1.80 bits per heavy atom. The number of carbonyl (C=O) groups is 2. The van der Waals surface area contributed by atoms with Crippen LogP contribution in [0, 0.1) is 0 Å². The lowest BCUT2D eigenvalue weighted by molar-refractivity contribution is -0.134. The number of nitrogens with one attached hydrogen (secondary N) is 1. The molecule has 0 saturated carbocycles. The van der Waals surface area contributed by atoms with E-state index in [9.17, 15) is 18.0 Å². The number of rotatable bonds is 9. The predicted octanol–water partition coefficient (Wildman–Crippen LogP) is 2.05. The van der Waals surface area contributed by atoms with Crippen molar-refractivity contribution in [1.29, 1.82) is 0 Å². The highest BCUT2D eigenvalue weighted by Gasteiger charge is 2.20. The Bertz CT molecular complexity index is 715. The van der Waals surface area contributed by atoms with E-state index in [2.05, 4.69) is 4.72 Å². The zero-order valence-electron chi connectivity index (χ0n) is 14.5. The molecule has 0 aliphatic carbocycles. The number of carbonyl (C=O) groups excluding carboxylic acids is 2. The van der Waals surface area contributed by atoms with Crippen LogP contribution in [-0.2, 0) is 19.6 Å². The molecule has 0 saturated heterocycles. The number of esters is 1. The summed E-state index contributed by atoms with van der Waals surface area (Å²) in [5.74, 6) is -1.07. The molecule has 0 unspecified atom stereocenters. The maximum Gasteiger partial charge on any atom is 0.338 e. The van der Waals surface area contributed by atoms with Crippen LogP contribution >= 0.6 is 11.6 Å². The molecule has 0 fully saturated rings. The molecule has 7 nitrogen and oxygen atoms in total. The van der Waals surface area contributed by atoms with Crippen molar-refractivity contribution in [2.45, 2.75) is 31.6 Å². The van der Waals surface area contributed by atoms with E-state index in [-0.39, 0.29) is 21.4 Å². The van der Waals surface area contributed by atoms with Gasteiger partial charge in [-0.15, -0.1) is 0 Å². The molecule has 0 spiro atoms. The second-order valence-corrected chi connectivity index (χ2v) is 7.57. The number of hydrogen-bond donors (Lipinski definition) is 1. The van der Waals surface area contributed by atoms with Crippen molar-refractivity contribution < 1.29 is 22.7 Å². The normalized spacial score (nSPS) is 11.2. The summed E-state index contributed by atoms with van der Waals surface area (Å²) >= 11 is 5.87. The van der Waals surface area contributed by atoms with Crippen molar-refractivity contribution in [3.05, 3.63) is 28.8 Å². The second-order valence-electron chi connectivity index (χ2n) is 5.31. The molecule has 0 aliphatic heterocycles. The summed E-state index contributed by atoms with van der Waals surface area (Å²) < 4.78 is 30.9. The summed E-state index contributed by atoms with van der Waals surface area (Å²) in [5.41, 5.74) is 0.00329. The fourth-order valence-corrected chi connectivity index (χ4v) is 3.40. The maximum absolute atomic E-state index is 12.1. The molecule has 1 rings (SSSR count). The number of ether oxygens (including phenoxy) is 1. The molecule has 0 atom stereocenters. The van der Waals surface area contributed by atoms with Gasteiger partial charge in [-0.2, -0.15) is 0 Å². The Hall–Kier alpha value is -1.64. The number of amides is 1. The third-order valence-electron chi connectivity index (χ3n) is 3.39. The molecule has 0 heterocycles. The van der Waals surface area contributed by atoms with Gasteiger partial charge in [0.1, 0.15) is 4.90 Å². The van der Waals surface area contributed by atoms with E-state index in [0.717, 1.165) is 18.9 Å². The zero-order chi connectivity index (χ0) is 19.0. The average Bonchev–Trinajstić information content (AvgIpc) is 2.59. The van der Waals surface area contributed by atoms with Gasteiger partial charge in [0.15, 0.2) is 6.61 Å². The Morgan fingerprint density at radius 1 is 1.20 bits per heavy atom. The maximum atomic E-state index is 12.1. The van der Waals surface area contributed by atoms with Crippen LogP contribution in [0.25, 0.3) is 0 Å². The van der Waals surface area contributed by atoms with Gasteiger partial charge in [0.2, 0.25) is 10.0 Å². The van der Waals surface area contributed by atoms with E-state index in [4.69, 9.17) is 16.3 Å². The minimum atomic E-state index is -3.81. The van der Waals surface area contributed by atoms with E-state index in [1.165, 1.54) is 19.2 Å². The minimum Gasteiger partial charge on any atom is -0.452 e. The van der Waals surface area contributed by atoms with Gasteiger partial charge in [0, 0.05) is 13.1 Å². The van der Waals surface area contributed by atoms with Crippen LogP contribution < -0.4 is 4.72 Å². The molecule has 1 aromatic carbocycles. The summed E-state index contributed by atoms with van der Waals surface area (Å²) in [7, 11) is -2.57. The molecular weight excluding hydrogens is 368 g/mol. The Morgan fingerprint density at radius 3 is 2.32 bits per heavy atom. The smallest absolute Gasteiger partial charge is 0.338 e. The third kappa shape index (κ3) is 5.98. The van der Waals surface area contributed by atoms with Gasteiger partial charge in [-0.3, -0.25) is 4.79 Å². The molecule has 9 heteroatoms. The summed E-state index contributed by atoms with van der Waals surface area (Å²) in [6.45, 7) is 4.71. The summed E-state index contributed by atoms with van der Waals surface area (Å²) in [4.78, 5) is 25.6. The van der Waals surface area contributed by atoms with Crippen LogP contribution in [0.2, 0.25) is 5.02 Å². The van der Waals surface area contributed by atoms with Crippen LogP contribution in [0.5, 0.6) is 0 Å². The van der Waals surface area contributed by atoms with Gasteiger partial charge >= 0.3 is 5.97 Å². The van der Waals surface area contributed by atoms with Crippen molar-refractivity contribution in [2.75, 3.05) is 26.7 Å². The topological polar surface area (TPSA) is 92.8 Å². The number of sulfonamides is 1. The average molecular weight is 391 g/mol. The van der Waals surface area contributed by atoms with Gasteiger partial charge in [-0.05, 0) is 38.1 Å². The number of nitrogens with zero attached hydrogens (tertiary/aromatic N) is 1. The highest BCUT2D eigenvalue weighted by Crippen LogP contribution is 2.22. The van der Waals surface area contributed by atoms with E-state index in [1.54, 1.807) is 4.90 Å². The van der Waals surface area contributed by atoms with E-state index >= 15 is 0 Å². The van der Waals surface area contributed by atoms with Crippen LogP contribution in [-0.4, -0.2) is 51.9 Å². The van der Waals surface area contributed by atoms with Gasteiger partial charge < -0.3 is 9.64 Å². The molecule has 1 N–H and O–H groups in total. The fourth-order valence-electron chi connectivity index (χ4n) is 2.15. The van der Waals surface area contributed by atoms with Crippen LogP contribution in [0.15, 0.2) is 23.1 Å². The van der Waals surface area contributed by atoms with Crippen LogP contribution in [0.1, 0.15) is 37.0 Å². The zero-order valence-corrected chi connectivity index (χ0v) is 16.1. The van der Waals surface area contributed by atoms with Crippen molar-refractivity contribution >= 4 is 33.5 Å². The van der Waals surface area contributed by atoms with E-state index < -0.39 is 22.6 Å². The molecule has 0 aliphatic rings. The first-order valence-electron chi connectivity index (χ1n) is 7.94. The molecule has 140 valence electrons. The molecule has 25 heavy (non-hydrogen) atoms. The summed E-state index contributed by atoms with van der Waals surface area (Å²) in [5, 5.41) is -0.0148. The van der Waals surface area contributed by atoms with Gasteiger partial charge in [0.05, 0.1) is 10.6 Å². The first kappa shape index (κ1) is 21.4. The largest absolute Gasteiger partial charge is 0.452 e. The standard InChI is InChI=1S/C16H23ClN2O5S/c1-4-8-19(9-5-2)15(20)11-24-16(21)12-6-7-13(17)14(10-12)25(22,23)18-3/h6-7,10,18H,4-5,8-9,11H2,1-3H3. The summed E-state index contributed by atoms with van der Waals surface area (Å²) in [6, 6.07) is 3.77. The predicted molar refractivity (Wildman–Crippen MR) is 95.1 cm³/mol. The monoisotopic (exact) mass is 390 g/mol. The SMILES string of the molecule is CCCN(CCC)C(=O)COC(=O)c1ccc(Cl)c(S(=O)(=O)NC)c1. The highest BCUT2D eigenvalue weighted by atomic mass is 35.5. The number of benzene rings is 1. The molecule has 0 aromatic heterocycles. The van der Waals surface area contributed by atoms with Gasteiger partial charge in [-0.1, -0.05) is 25.4 Å². The van der Waals surface area contributed by atoms with E-state index in [1.807, 2.05) is 13.8 Å². The second kappa shape index (κ2) is 9.74. The Kier molecular flexibility index (Phi) is 8.34. The van der Waals surface area contributed by atoms with Crippen molar-refractivity contribution in [2.24, 2.45) is 0 Å². The molecule has 0 bridgehead atoms. The lowest BCUT2D eigenvalue weighted by Crippen LogP contribution is -2.35.